The molecule has 3 N–H and O–H groups in total. The number of aromatic nitrogens is 1. The summed E-state index contributed by atoms with van der Waals surface area (Å²) < 4.78 is 30.0. The van der Waals surface area contributed by atoms with E-state index in [2.05, 4.69) is 0 Å². The van der Waals surface area contributed by atoms with Crippen LogP contribution in [0.25, 0.3) is 10.9 Å². The number of fused-ring (bicyclic) bond motifs is 1. The summed E-state index contributed by atoms with van der Waals surface area (Å²) >= 11 is 5.69. The van der Waals surface area contributed by atoms with Crippen LogP contribution in [0.15, 0.2) is 30.3 Å². The lowest BCUT2D eigenvalue weighted by Crippen LogP contribution is -2.22. The zero-order chi connectivity index (χ0) is 21.5. The Morgan fingerprint density at radius 3 is 2.52 bits per heavy atom. The van der Waals surface area contributed by atoms with Crippen LogP contribution in [0.1, 0.15) is 47.3 Å². The van der Waals surface area contributed by atoms with Crippen molar-refractivity contribution in [1.29, 1.82) is 0 Å². The minimum absolute atomic E-state index is 0.00181. The third-order valence-electron chi connectivity index (χ3n) is 4.97. The number of primary amides is 1. The molecule has 5 nitrogen and oxygen atoms in total. The Hall–Kier alpha value is -2.93. The van der Waals surface area contributed by atoms with Crippen molar-refractivity contribution in [1.82, 2.24) is 4.57 Å². The predicted molar refractivity (Wildman–Crippen MR) is 106 cm³/mol. The lowest BCUT2D eigenvalue weighted by Gasteiger charge is -2.14. The molecule has 3 aromatic rings. The van der Waals surface area contributed by atoms with E-state index in [0.29, 0.717) is 18.5 Å². The van der Waals surface area contributed by atoms with E-state index in [0.717, 1.165) is 12.1 Å². The largest absolute Gasteiger partial charge is 0.505 e. The molecule has 1 heterocycles. The van der Waals surface area contributed by atoms with Crippen LogP contribution in [0.4, 0.5) is 8.78 Å². The number of hydrogen-bond donors (Lipinski definition) is 2. The van der Waals surface area contributed by atoms with Crippen molar-refractivity contribution >= 4 is 34.3 Å². The highest BCUT2D eigenvalue weighted by atomic mass is 35.5. The molecule has 0 spiro atoms. The van der Waals surface area contributed by atoms with Gasteiger partial charge < -0.3 is 10.8 Å². The first-order valence-corrected chi connectivity index (χ1v) is 9.38. The monoisotopic (exact) mass is 420 g/mol. The van der Waals surface area contributed by atoms with Gasteiger partial charge in [0.25, 0.3) is 5.91 Å². The number of rotatable bonds is 5. The average molecular weight is 421 g/mol. The summed E-state index contributed by atoms with van der Waals surface area (Å²) in [5.74, 6) is -4.47. The maximum absolute atomic E-state index is 14.9. The Bertz CT molecular complexity index is 1140. The topological polar surface area (TPSA) is 85.3 Å². The van der Waals surface area contributed by atoms with Gasteiger partial charge in [0.05, 0.1) is 16.5 Å². The number of aromatic hydroxyl groups is 1. The van der Waals surface area contributed by atoms with Crippen molar-refractivity contribution in [2.45, 2.75) is 32.6 Å². The Morgan fingerprint density at radius 1 is 1.24 bits per heavy atom. The summed E-state index contributed by atoms with van der Waals surface area (Å²) in [7, 11) is 0. The lowest BCUT2D eigenvalue weighted by atomic mass is 9.91. The van der Waals surface area contributed by atoms with E-state index in [4.69, 9.17) is 17.3 Å². The Labute approximate surface area is 170 Å². The van der Waals surface area contributed by atoms with Crippen LogP contribution in [0, 0.1) is 18.6 Å². The van der Waals surface area contributed by atoms with Gasteiger partial charge in [0.1, 0.15) is 5.82 Å². The van der Waals surface area contributed by atoms with E-state index in [9.17, 15) is 23.5 Å². The second-order valence-electron chi connectivity index (χ2n) is 6.80. The molecule has 0 fully saturated rings. The number of benzene rings is 2. The Morgan fingerprint density at radius 2 is 1.93 bits per heavy atom. The summed E-state index contributed by atoms with van der Waals surface area (Å²) in [6.45, 7) is 3.40. The molecule has 0 aliphatic carbocycles. The number of nitrogens with zero attached hydrogens (tertiary/aromatic N) is 1. The van der Waals surface area contributed by atoms with E-state index in [1.165, 1.54) is 22.8 Å². The average Bonchev–Trinajstić information content (AvgIpc) is 2.96. The lowest BCUT2D eigenvalue weighted by molar-refractivity contribution is -0.119. The van der Waals surface area contributed by atoms with Gasteiger partial charge in [0.15, 0.2) is 11.6 Å². The van der Waals surface area contributed by atoms with Crippen molar-refractivity contribution in [2.75, 3.05) is 0 Å². The van der Waals surface area contributed by atoms with Crippen LogP contribution in [-0.4, -0.2) is 21.5 Å². The fourth-order valence-electron chi connectivity index (χ4n) is 3.64. The van der Waals surface area contributed by atoms with Gasteiger partial charge in [-0.3, -0.25) is 14.2 Å². The molecule has 1 amide bonds. The number of amides is 1. The molecule has 0 aliphatic heterocycles. The first-order chi connectivity index (χ1) is 13.7. The third-order valence-corrected chi connectivity index (χ3v) is 5.28. The summed E-state index contributed by atoms with van der Waals surface area (Å²) in [4.78, 5) is 25.2. The van der Waals surface area contributed by atoms with E-state index in [1.54, 1.807) is 6.92 Å². The zero-order valence-corrected chi connectivity index (χ0v) is 16.6. The van der Waals surface area contributed by atoms with Crippen molar-refractivity contribution in [3.63, 3.8) is 0 Å². The van der Waals surface area contributed by atoms with E-state index in [-0.39, 0.29) is 27.1 Å². The normalized spacial score (nSPS) is 12.3. The number of phenols is 1. The van der Waals surface area contributed by atoms with Crippen LogP contribution in [0.3, 0.4) is 0 Å². The van der Waals surface area contributed by atoms with Gasteiger partial charge in [-0.25, -0.2) is 8.78 Å². The molecule has 2 aromatic carbocycles. The highest BCUT2D eigenvalue weighted by Crippen LogP contribution is 2.38. The molecule has 1 aromatic heterocycles. The molecule has 0 aliphatic rings. The highest BCUT2D eigenvalue weighted by molar-refractivity contribution is 6.30. The van der Waals surface area contributed by atoms with Gasteiger partial charge in [-0.1, -0.05) is 24.9 Å². The Kier molecular flexibility index (Phi) is 5.61. The number of halogens is 3. The molecule has 3 rings (SSSR count). The van der Waals surface area contributed by atoms with Gasteiger partial charge in [0.2, 0.25) is 5.91 Å². The summed E-state index contributed by atoms with van der Waals surface area (Å²) in [5.41, 5.74) is 6.24. The number of nitrogens with two attached hydrogens (primary N) is 1. The van der Waals surface area contributed by atoms with Gasteiger partial charge >= 0.3 is 0 Å². The maximum atomic E-state index is 14.9. The molecule has 1 unspecified atom stereocenters. The van der Waals surface area contributed by atoms with Crippen LogP contribution < -0.4 is 5.73 Å². The van der Waals surface area contributed by atoms with Crippen molar-refractivity contribution in [3.05, 3.63) is 63.8 Å². The number of carbonyl (C=O) groups excluding carboxylic acids is 2. The molecular weight excluding hydrogens is 402 g/mol. The SMILES string of the molecule is CCCC(C(N)=O)c1c(C)n(C(=O)c2ccc(Cl)c(F)c2)c2ccc(O)c(F)c12. The molecule has 0 bridgehead atoms. The minimum Gasteiger partial charge on any atom is -0.505 e. The fourth-order valence-corrected chi connectivity index (χ4v) is 3.76. The fraction of sp³-hybridized carbons (Fsp3) is 0.238. The zero-order valence-electron chi connectivity index (χ0n) is 15.8. The predicted octanol–water partition coefficient (Wildman–Crippen LogP) is 4.64. The number of carbonyl (C=O) groups is 2. The molecule has 152 valence electrons. The van der Waals surface area contributed by atoms with Gasteiger partial charge in [-0.2, -0.15) is 0 Å². The molecular formula is C21H19ClF2N2O3. The second-order valence-corrected chi connectivity index (χ2v) is 7.21. The van der Waals surface area contributed by atoms with Crippen molar-refractivity contribution in [3.8, 4) is 5.75 Å². The molecule has 29 heavy (non-hydrogen) atoms. The maximum Gasteiger partial charge on any atom is 0.262 e. The molecule has 1 atom stereocenters. The Balaban J connectivity index is 2.35. The van der Waals surface area contributed by atoms with E-state index in [1.807, 2.05) is 6.92 Å². The van der Waals surface area contributed by atoms with Crippen LogP contribution in [0.2, 0.25) is 5.02 Å². The first-order valence-electron chi connectivity index (χ1n) is 9.00. The molecule has 8 heteroatoms. The summed E-state index contributed by atoms with van der Waals surface area (Å²) in [5, 5.41) is 9.68. The highest BCUT2D eigenvalue weighted by Gasteiger charge is 2.30. The van der Waals surface area contributed by atoms with Crippen molar-refractivity contribution in [2.24, 2.45) is 5.73 Å². The number of phenolic OH excluding ortho intramolecular Hbond substituents is 1. The summed E-state index contributed by atoms with van der Waals surface area (Å²) in [6.07, 6.45) is 0.935. The van der Waals surface area contributed by atoms with Gasteiger partial charge in [0, 0.05) is 16.6 Å². The second kappa shape index (κ2) is 7.83. The quantitative estimate of drug-likeness (QED) is 0.630. The smallest absolute Gasteiger partial charge is 0.262 e. The first kappa shape index (κ1) is 20.8. The standard InChI is InChI=1S/C21H19ClF2N2O3/c1-3-4-12(20(25)28)17-10(2)26(15-7-8-16(27)19(24)18(15)17)21(29)11-5-6-13(22)14(23)9-11/h5-9,12,27H,3-4H2,1-2H3,(H2,25,28). The number of hydrogen-bond acceptors (Lipinski definition) is 3. The summed E-state index contributed by atoms with van der Waals surface area (Å²) in [6, 6.07) is 6.09. The van der Waals surface area contributed by atoms with Crippen LogP contribution in [0.5, 0.6) is 5.75 Å². The molecule has 0 saturated carbocycles. The van der Waals surface area contributed by atoms with Crippen molar-refractivity contribution < 1.29 is 23.5 Å². The van der Waals surface area contributed by atoms with E-state index >= 15 is 0 Å². The third kappa shape index (κ3) is 3.46. The minimum atomic E-state index is -0.947. The molecule has 0 saturated heterocycles. The van der Waals surface area contributed by atoms with E-state index < -0.39 is 35.1 Å². The van der Waals surface area contributed by atoms with Gasteiger partial charge in [-0.05, 0) is 49.2 Å². The molecule has 0 radical (unpaired) electrons. The van der Waals surface area contributed by atoms with Crippen LogP contribution >= 0.6 is 11.6 Å². The van der Waals surface area contributed by atoms with Crippen LogP contribution in [-0.2, 0) is 4.79 Å². The van der Waals surface area contributed by atoms with Gasteiger partial charge in [-0.15, -0.1) is 0 Å².